The lowest BCUT2D eigenvalue weighted by atomic mass is 9.94. The maximum absolute atomic E-state index is 13.7. The van der Waals surface area contributed by atoms with Crippen LogP contribution in [0.2, 0.25) is 0 Å². The second kappa shape index (κ2) is 5.61. The van der Waals surface area contributed by atoms with Gasteiger partial charge in [0.15, 0.2) is 0 Å². The van der Waals surface area contributed by atoms with E-state index in [-0.39, 0.29) is 18.1 Å². The Balaban J connectivity index is 2.07. The minimum atomic E-state index is -1.06. The van der Waals surface area contributed by atoms with Crippen LogP contribution < -0.4 is 5.32 Å². The van der Waals surface area contributed by atoms with Crippen LogP contribution in [0.15, 0.2) is 29.4 Å². The van der Waals surface area contributed by atoms with E-state index in [1.165, 1.54) is 6.07 Å². The minimum absolute atomic E-state index is 0.221. The largest absolute Gasteiger partial charge is 0.379 e. The molecule has 0 saturated carbocycles. The zero-order valence-corrected chi connectivity index (χ0v) is 11.9. The Bertz CT molecular complexity index is 542. The highest BCUT2D eigenvalue weighted by atomic mass is 19.1. The van der Waals surface area contributed by atoms with Crippen molar-refractivity contribution >= 4 is 11.6 Å². The van der Waals surface area contributed by atoms with Crippen LogP contribution >= 0.6 is 0 Å². The monoisotopic (exact) mass is 278 g/mol. The summed E-state index contributed by atoms with van der Waals surface area (Å²) >= 11 is 0. The first-order valence-electron chi connectivity index (χ1n) is 6.70. The van der Waals surface area contributed by atoms with Crippen LogP contribution in [0.1, 0.15) is 32.8 Å². The number of benzene rings is 1. The molecule has 1 aromatic carbocycles. The lowest BCUT2D eigenvalue weighted by Crippen LogP contribution is -2.45. The molecule has 1 N–H and O–H groups in total. The average Bonchev–Trinajstić information content (AvgIpc) is 2.80. The number of rotatable bonds is 4. The Morgan fingerprint density at radius 3 is 2.85 bits per heavy atom. The van der Waals surface area contributed by atoms with Crippen molar-refractivity contribution < 1.29 is 14.0 Å². The Morgan fingerprint density at radius 1 is 1.50 bits per heavy atom. The molecule has 1 unspecified atom stereocenters. The normalized spacial score (nSPS) is 21.6. The third-order valence-corrected chi connectivity index (χ3v) is 3.20. The van der Waals surface area contributed by atoms with Gasteiger partial charge < -0.3 is 10.2 Å². The van der Waals surface area contributed by atoms with Gasteiger partial charge in [-0.3, -0.25) is 4.79 Å². The maximum Gasteiger partial charge on any atom is 0.267 e. The van der Waals surface area contributed by atoms with Gasteiger partial charge in [0, 0.05) is 18.5 Å². The number of hydrogen-bond donors (Lipinski definition) is 1. The van der Waals surface area contributed by atoms with E-state index in [0.717, 1.165) is 0 Å². The predicted octanol–water partition coefficient (Wildman–Crippen LogP) is 2.48. The van der Waals surface area contributed by atoms with Crippen molar-refractivity contribution in [3.8, 4) is 0 Å². The number of nitrogens with zero attached hydrogens (tertiary/aromatic N) is 1. The quantitative estimate of drug-likeness (QED) is 0.920. The van der Waals surface area contributed by atoms with Crippen LogP contribution in [0.5, 0.6) is 0 Å². The molecule has 0 spiro atoms. The standard InChI is InChI=1S/C15H19FN2O2/c1-10(2)9-17-14(19)15(3)8-13(18-20-15)11-6-4-5-7-12(11)16/h4-7,10H,8-9H2,1-3H3,(H,17,19). The molecule has 0 aliphatic carbocycles. The highest BCUT2D eigenvalue weighted by Crippen LogP contribution is 2.27. The number of carbonyl (C=O) groups is 1. The molecule has 20 heavy (non-hydrogen) atoms. The summed E-state index contributed by atoms with van der Waals surface area (Å²) in [4.78, 5) is 17.4. The summed E-state index contributed by atoms with van der Waals surface area (Å²) in [5.74, 6) is -0.223. The van der Waals surface area contributed by atoms with Gasteiger partial charge in [0.1, 0.15) is 5.82 Å². The highest BCUT2D eigenvalue weighted by molar-refractivity contribution is 6.05. The number of oxime groups is 1. The van der Waals surface area contributed by atoms with Gasteiger partial charge in [-0.15, -0.1) is 0 Å². The summed E-state index contributed by atoms with van der Waals surface area (Å²) in [6, 6.07) is 6.35. The Kier molecular flexibility index (Phi) is 4.06. The molecule has 1 heterocycles. The van der Waals surface area contributed by atoms with E-state index in [9.17, 15) is 9.18 Å². The van der Waals surface area contributed by atoms with Crippen molar-refractivity contribution in [2.24, 2.45) is 11.1 Å². The highest BCUT2D eigenvalue weighted by Gasteiger charge is 2.42. The molecule has 0 saturated heterocycles. The van der Waals surface area contributed by atoms with Gasteiger partial charge in [-0.2, -0.15) is 0 Å². The van der Waals surface area contributed by atoms with Crippen LogP contribution in [0.4, 0.5) is 4.39 Å². The Hall–Kier alpha value is -1.91. The van der Waals surface area contributed by atoms with Gasteiger partial charge in [0.25, 0.3) is 5.91 Å². The fourth-order valence-electron chi connectivity index (χ4n) is 1.99. The Morgan fingerprint density at radius 2 is 2.20 bits per heavy atom. The topological polar surface area (TPSA) is 50.7 Å². The van der Waals surface area contributed by atoms with Gasteiger partial charge in [-0.25, -0.2) is 4.39 Å². The predicted molar refractivity (Wildman–Crippen MR) is 74.9 cm³/mol. The van der Waals surface area contributed by atoms with Gasteiger partial charge in [-0.05, 0) is 18.9 Å². The van der Waals surface area contributed by atoms with E-state index in [2.05, 4.69) is 10.5 Å². The first kappa shape index (κ1) is 14.5. The molecule has 1 aromatic rings. The smallest absolute Gasteiger partial charge is 0.267 e. The molecule has 1 atom stereocenters. The summed E-state index contributed by atoms with van der Waals surface area (Å²) in [6.07, 6.45) is 0.262. The SMILES string of the molecule is CC(C)CNC(=O)C1(C)CC(c2ccccc2F)=NO1. The summed E-state index contributed by atoms with van der Waals surface area (Å²) < 4.78 is 13.7. The molecule has 0 aromatic heterocycles. The third-order valence-electron chi connectivity index (χ3n) is 3.20. The van der Waals surface area contributed by atoms with Gasteiger partial charge in [0.2, 0.25) is 5.60 Å². The van der Waals surface area contributed by atoms with Crippen molar-refractivity contribution in [1.82, 2.24) is 5.32 Å². The van der Waals surface area contributed by atoms with Crippen molar-refractivity contribution in [3.63, 3.8) is 0 Å². The number of hydrogen-bond acceptors (Lipinski definition) is 3. The van der Waals surface area contributed by atoms with Crippen LogP contribution in [-0.2, 0) is 9.63 Å². The van der Waals surface area contributed by atoms with Crippen LogP contribution in [0.25, 0.3) is 0 Å². The van der Waals surface area contributed by atoms with Crippen molar-refractivity contribution in [3.05, 3.63) is 35.6 Å². The van der Waals surface area contributed by atoms with E-state index >= 15 is 0 Å². The molecule has 2 rings (SSSR count). The van der Waals surface area contributed by atoms with Gasteiger partial charge in [0.05, 0.1) is 5.71 Å². The fraction of sp³-hybridized carbons (Fsp3) is 0.467. The van der Waals surface area contributed by atoms with E-state index in [1.54, 1.807) is 25.1 Å². The average molecular weight is 278 g/mol. The molecule has 4 nitrogen and oxygen atoms in total. The second-order valence-electron chi connectivity index (χ2n) is 5.62. The molecule has 1 aliphatic heterocycles. The number of carbonyl (C=O) groups excluding carboxylic acids is 1. The summed E-state index contributed by atoms with van der Waals surface area (Å²) in [6.45, 7) is 6.27. The molecule has 0 radical (unpaired) electrons. The molecule has 0 bridgehead atoms. The zero-order chi connectivity index (χ0) is 14.8. The zero-order valence-electron chi connectivity index (χ0n) is 11.9. The number of halogens is 1. The van der Waals surface area contributed by atoms with Crippen molar-refractivity contribution in [2.75, 3.05) is 6.54 Å². The molecule has 0 fully saturated rings. The number of nitrogens with one attached hydrogen (secondary N) is 1. The lowest BCUT2D eigenvalue weighted by Gasteiger charge is -2.21. The summed E-state index contributed by atoms with van der Waals surface area (Å²) in [5, 5.41) is 6.70. The summed E-state index contributed by atoms with van der Waals surface area (Å²) in [7, 11) is 0. The summed E-state index contributed by atoms with van der Waals surface area (Å²) in [5.41, 5.74) is -0.217. The Labute approximate surface area is 118 Å². The maximum atomic E-state index is 13.7. The molecule has 108 valence electrons. The first-order valence-corrected chi connectivity index (χ1v) is 6.70. The van der Waals surface area contributed by atoms with E-state index in [0.29, 0.717) is 23.7 Å². The van der Waals surface area contributed by atoms with Crippen LogP contribution in [0.3, 0.4) is 0 Å². The number of amides is 1. The molecular formula is C15H19FN2O2. The van der Waals surface area contributed by atoms with Crippen LogP contribution in [0, 0.1) is 11.7 Å². The van der Waals surface area contributed by atoms with Crippen LogP contribution in [-0.4, -0.2) is 23.8 Å². The fourth-order valence-corrected chi connectivity index (χ4v) is 1.99. The van der Waals surface area contributed by atoms with Crippen molar-refractivity contribution in [2.45, 2.75) is 32.8 Å². The van der Waals surface area contributed by atoms with Gasteiger partial charge >= 0.3 is 0 Å². The second-order valence-corrected chi connectivity index (χ2v) is 5.62. The minimum Gasteiger partial charge on any atom is -0.379 e. The van der Waals surface area contributed by atoms with E-state index < -0.39 is 5.60 Å². The van der Waals surface area contributed by atoms with Crippen molar-refractivity contribution in [1.29, 1.82) is 0 Å². The first-order chi connectivity index (χ1) is 9.42. The molecular weight excluding hydrogens is 259 g/mol. The third kappa shape index (κ3) is 2.98. The van der Waals surface area contributed by atoms with E-state index in [1.807, 2.05) is 13.8 Å². The van der Waals surface area contributed by atoms with Gasteiger partial charge in [-0.1, -0.05) is 37.2 Å². The molecule has 1 aliphatic rings. The lowest BCUT2D eigenvalue weighted by molar-refractivity contribution is -0.141. The van der Waals surface area contributed by atoms with E-state index in [4.69, 9.17) is 4.84 Å². The molecule has 1 amide bonds. The molecule has 5 heteroatoms.